The van der Waals surface area contributed by atoms with Gasteiger partial charge in [-0.3, -0.25) is 9.69 Å². The summed E-state index contributed by atoms with van der Waals surface area (Å²) in [6, 6.07) is 11.1. The van der Waals surface area contributed by atoms with Gasteiger partial charge in [0, 0.05) is 39.8 Å². The molecular formula is C19H32IN5O. The van der Waals surface area contributed by atoms with Crippen LogP contribution in [0.15, 0.2) is 35.3 Å². The molecule has 0 bridgehead atoms. The Bertz CT molecular complexity index is 564. The first-order valence-electron chi connectivity index (χ1n) is 9.10. The highest BCUT2D eigenvalue weighted by atomic mass is 127. The van der Waals surface area contributed by atoms with Crippen molar-refractivity contribution in [3.8, 4) is 0 Å². The Morgan fingerprint density at radius 2 is 2.00 bits per heavy atom. The third-order valence-corrected chi connectivity index (χ3v) is 4.45. The molecule has 1 amide bonds. The van der Waals surface area contributed by atoms with E-state index < -0.39 is 0 Å². The van der Waals surface area contributed by atoms with Crippen molar-refractivity contribution in [3.05, 3.63) is 35.9 Å². The van der Waals surface area contributed by atoms with Gasteiger partial charge in [0.05, 0.1) is 0 Å². The Hall–Kier alpha value is -1.35. The fourth-order valence-corrected chi connectivity index (χ4v) is 3.00. The second kappa shape index (κ2) is 12.1. The average molecular weight is 473 g/mol. The predicted octanol–water partition coefficient (Wildman–Crippen LogP) is 1.91. The summed E-state index contributed by atoms with van der Waals surface area (Å²) < 4.78 is 0. The maximum atomic E-state index is 11.7. The molecule has 1 aromatic carbocycles. The lowest BCUT2D eigenvalue weighted by molar-refractivity contribution is -0.127. The summed E-state index contributed by atoms with van der Waals surface area (Å²) in [4.78, 5) is 20.2. The molecule has 146 valence electrons. The second-order valence-corrected chi connectivity index (χ2v) is 6.62. The van der Waals surface area contributed by atoms with E-state index in [9.17, 15) is 4.79 Å². The molecule has 2 rings (SSSR count). The van der Waals surface area contributed by atoms with E-state index in [1.54, 1.807) is 19.0 Å². The van der Waals surface area contributed by atoms with Crippen LogP contribution >= 0.6 is 24.0 Å². The molecule has 1 aliphatic rings. The lowest BCUT2D eigenvalue weighted by Gasteiger charge is -2.25. The molecule has 1 saturated heterocycles. The number of carbonyl (C=O) groups excluding carboxylic acids is 1. The standard InChI is InChI=1S/C19H31N5O.HI/c1-4-20-19(22-14-18(25)23(2)3)21-13-17-11-8-12-24(17)15-16-9-6-5-7-10-16;/h5-7,9-10,17H,4,8,11-15H2,1-3H3,(H2,20,21,22);1H. The maximum Gasteiger partial charge on any atom is 0.243 e. The van der Waals surface area contributed by atoms with Crippen molar-refractivity contribution in [2.24, 2.45) is 4.99 Å². The van der Waals surface area contributed by atoms with Crippen LogP contribution in [-0.2, 0) is 11.3 Å². The predicted molar refractivity (Wildman–Crippen MR) is 118 cm³/mol. The van der Waals surface area contributed by atoms with Crippen LogP contribution in [0.25, 0.3) is 0 Å². The molecule has 7 heteroatoms. The summed E-state index contributed by atoms with van der Waals surface area (Å²) in [5.74, 6) is 0.716. The molecule has 1 fully saturated rings. The third-order valence-electron chi connectivity index (χ3n) is 4.45. The van der Waals surface area contributed by atoms with Crippen molar-refractivity contribution in [1.82, 2.24) is 20.4 Å². The number of amides is 1. The lowest BCUT2D eigenvalue weighted by atomic mass is 10.2. The van der Waals surface area contributed by atoms with Gasteiger partial charge in [-0.1, -0.05) is 30.3 Å². The van der Waals surface area contributed by atoms with Gasteiger partial charge in [-0.25, -0.2) is 4.99 Å². The smallest absolute Gasteiger partial charge is 0.243 e. The minimum Gasteiger partial charge on any atom is -0.357 e. The third kappa shape index (κ3) is 7.49. The number of hydrogen-bond donors (Lipinski definition) is 2. The SMILES string of the molecule is CCNC(=NCC(=O)N(C)C)NCC1CCCN1Cc1ccccc1.I. The normalized spacial score (nSPS) is 17.5. The average Bonchev–Trinajstić information content (AvgIpc) is 3.05. The van der Waals surface area contributed by atoms with Crippen molar-refractivity contribution in [1.29, 1.82) is 0 Å². The largest absolute Gasteiger partial charge is 0.357 e. The number of aliphatic imine (C=N–C) groups is 1. The van der Waals surface area contributed by atoms with E-state index in [4.69, 9.17) is 0 Å². The van der Waals surface area contributed by atoms with Crippen LogP contribution in [0.1, 0.15) is 25.3 Å². The number of likely N-dealkylation sites (tertiary alicyclic amines) is 1. The quantitative estimate of drug-likeness (QED) is 0.361. The minimum atomic E-state index is 0. The van der Waals surface area contributed by atoms with E-state index in [-0.39, 0.29) is 36.4 Å². The summed E-state index contributed by atoms with van der Waals surface area (Å²) in [6.07, 6.45) is 2.42. The van der Waals surface area contributed by atoms with Gasteiger partial charge < -0.3 is 15.5 Å². The van der Waals surface area contributed by atoms with Crippen molar-refractivity contribution >= 4 is 35.8 Å². The van der Waals surface area contributed by atoms with Gasteiger partial charge in [0.15, 0.2) is 5.96 Å². The Labute approximate surface area is 174 Å². The van der Waals surface area contributed by atoms with E-state index in [0.717, 1.165) is 26.2 Å². The van der Waals surface area contributed by atoms with Gasteiger partial charge in [-0.15, -0.1) is 24.0 Å². The Morgan fingerprint density at radius 1 is 1.27 bits per heavy atom. The number of nitrogens with one attached hydrogen (secondary N) is 2. The van der Waals surface area contributed by atoms with Crippen LogP contribution in [0, 0.1) is 0 Å². The number of rotatable bonds is 7. The summed E-state index contributed by atoms with van der Waals surface area (Å²) in [5, 5.41) is 6.61. The Morgan fingerprint density at radius 3 is 2.65 bits per heavy atom. The van der Waals surface area contributed by atoms with E-state index in [1.807, 2.05) is 6.92 Å². The van der Waals surface area contributed by atoms with Crippen LogP contribution in [0.3, 0.4) is 0 Å². The Balaban J connectivity index is 0.00000338. The van der Waals surface area contributed by atoms with Crippen molar-refractivity contribution in [2.75, 3.05) is 40.3 Å². The molecule has 1 aromatic rings. The lowest BCUT2D eigenvalue weighted by Crippen LogP contribution is -2.45. The zero-order chi connectivity index (χ0) is 18.1. The molecule has 1 atom stereocenters. The molecule has 0 radical (unpaired) electrons. The highest BCUT2D eigenvalue weighted by Gasteiger charge is 2.24. The summed E-state index contributed by atoms with van der Waals surface area (Å²) in [5.41, 5.74) is 1.35. The number of likely N-dealkylation sites (N-methyl/N-ethyl adjacent to an activating group) is 1. The van der Waals surface area contributed by atoms with E-state index in [0.29, 0.717) is 12.0 Å². The highest BCUT2D eigenvalue weighted by Crippen LogP contribution is 2.19. The van der Waals surface area contributed by atoms with Gasteiger partial charge in [-0.05, 0) is 31.9 Å². The van der Waals surface area contributed by atoms with Crippen LogP contribution in [0.4, 0.5) is 0 Å². The molecular weight excluding hydrogens is 441 g/mol. The number of benzene rings is 1. The van der Waals surface area contributed by atoms with Gasteiger partial charge in [0.2, 0.25) is 5.91 Å². The molecule has 0 spiro atoms. The summed E-state index contributed by atoms with van der Waals surface area (Å²) in [7, 11) is 3.50. The number of halogens is 1. The molecule has 0 aliphatic carbocycles. The molecule has 1 heterocycles. The first-order valence-corrected chi connectivity index (χ1v) is 9.10. The summed E-state index contributed by atoms with van der Waals surface area (Å²) in [6.45, 7) is 5.94. The number of hydrogen-bond acceptors (Lipinski definition) is 3. The van der Waals surface area contributed by atoms with Crippen LogP contribution < -0.4 is 10.6 Å². The second-order valence-electron chi connectivity index (χ2n) is 6.62. The molecule has 0 aromatic heterocycles. The zero-order valence-electron chi connectivity index (χ0n) is 16.1. The molecule has 0 saturated carbocycles. The molecule has 1 aliphatic heterocycles. The van der Waals surface area contributed by atoms with Gasteiger partial charge >= 0.3 is 0 Å². The van der Waals surface area contributed by atoms with Crippen molar-refractivity contribution in [2.45, 2.75) is 32.4 Å². The van der Waals surface area contributed by atoms with Crippen molar-refractivity contribution in [3.63, 3.8) is 0 Å². The molecule has 26 heavy (non-hydrogen) atoms. The number of guanidine groups is 1. The first kappa shape index (κ1) is 22.7. The zero-order valence-corrected chi connectivity index (χ0v) is 18.4. The van der Waals surface area contributed by atoms with E-state index >= 15 is 0 Å². The molecule has 2 N–H and O–H groups in total. The fraction of sp³-hybridized carbons (Fsp3) is 0.579. The molecule has 6 nitrogen and oxygen atoms in total. The maximum absolute atomic E-state index is 11.7. The van der Waals surface area contributed by atoms with E-state index in [1.165, 1.54) is 18.4 Å². The van der Waals surface area contributed by atoms with Crippen LogP contribution in [-0.4, -0.2) is 68.0 Å². The topological polar surface area (TPSA) is 60.0 Å². The number of carbonyl (C=O) groups is 1. The Kier molecular flexibility index (Phi) is 10.6. The minimum absolute atomic E-state index is 0. The monoisotopic (exact) mass is 473 g/mol. The molecule has 1 unspecified atom stereocenters. The number of nitrogens with zero attached hydrogens (tertiary/aromatic N) is 3. The van der Waals surface area contributed by atoms with E-state index in [2.05, 4.69) is 50.9 Å². The summed E-state index contributed by atoms with van der Waals surface area (Å²) >= 11 is 0. The first-order chi connectivity index (χ1) is 12.1. The van der Waals surface area contributed by atoms with Gasteiger partial charge in [0.25, 0.3) is 0 Å². The fourth-order valence-electron chi connectivity index (χ4n) is 3.00. The van der Waals surface area contributed by atoms with Crippen LogP contribution in [0.2, 0.25) is 0 Å². The van der Waals surface area contributed by atoms with Gasteiger partial charge in [0.1, 0.15) is 6.54 Å². The highest BCUT2D eigenvalue weighted by molar-refractivity contribution is 14.0. The van der Waals surface area contributed by atoms with Crippen molar-refractivity contribution < 1.29 is 4.79 Å². The van der Waals surface area contributed by atoms with Crippen LogP contribution in [0.5, 0.6) is 0 Å². The van der Waals surface area contributed by atoms with Gasteiger partial charge in [-0.2, -0.15) is 0 Å².